The van der Waals surface area contributed by atoms with Gasteiger partial charge in [-0.1, -0.05) is 6.42 Å². The molecule has 4 aliphatic rings. The van der Waals surface area contributed by atoms with Crippen LogP contribution in [0, 0.1) is 17.8 Å². The SMILES string of the molecule is NC1C2CCCC1CC(C(=O)N1CCN(CC(=O)N3CCCCC3)CC1)C2. The monoisotopic (exact) mass is 376 g/mol. The van der Waals surface area contributed by atoms with Gasteiger partial charge >= 0.3 is 0 Å². The summed E-state index contributed by atoms with van der Waals surface area (Å²) < 4.78 is 0. The maximum Gasteiger partial charge on any atom is 0.236 e. The van der Waals surface area contributed by atoms with E-state index in [9.17, 15) is 9.59 Å². The molecule has 2 bridgehead atoms. The van der Waals surface area contributed by atoms with Gasteiger partial charge in [-0.15, -0.1) is 0 Å². The molecule has 2 atom stereocenters. The highest BCUT2D eigenvalue weighted by atomic mass is 16.2. The fourth-order valence-electron chi connectivity index (χ4n) is 5.81. The lowest BCUT2D eigenvalue weighted by atomic mass is 9.65. The number of hydrogen-bond acceptors (Lipinski definition) is 4. The van der Waals surface area contributed by atoms with Crippen LogP contribution in [0.25, 0.3) is 0 Å². The van der Waals surface area contributed by atoms with Crippen LogP contribution in [0.1, 0.15) is 51.4 Å². The molecule has 2 N–H and O–H groups in total. The van der Waals surface area contributed by atoms with Crippen molar-refractivity contribution < 1.29 is 9.59 Å². The molecule has 6 heteroatoms. The van der Waals surface area contributed by atoms with E-state index >= 15 is 0 Å². The van der Waals surface area contributed by atoms with Crippen LogP contribution in [0.15, 0.2) is 0 Å². The first-order valence-corrected chi connectivity index (χ1v) is 11.2. The summed E-state index contributed by atoms with van der Waals surface area (Å²) in [6, 6.07) is 0.320. The van der Waals surface area contributed by atoms with Crippen molar-refractivity contribution in [3.05, 3.63) is 0 Å². The van der Waals surface area contributed by atoms with Gasteiger partial charge in [-0.25, -0.2) is 0 Å². The van der Waals surface area contributed by atoms with E-state index in [0.717, 1.165) is 65.0 Å². The number of fused-ring (bicyclic) bond motifs is 2. The Morgan fingerprint density at radius 2 is 1.41 bits per heavy atom. The highest BCUT2D eigenvalue weighted by Gasteiger charge is 2.42. The van der Waals surface area contributed by atoms with Crippen LogP contribution in [-0.2, 0) is 9.59 Å². The Morgan fingerprint density at radius 3 is 2.04 bits per heavy atom. The molecule has 2 amide bonds. The predicted octanol–water partition coefficient (Wildman–Crippen LogP) is 1.30. The van der Waals surface area contributed by atoms with E-state index in [4.69, 9.17) is 5.73 Å². The fraction of sp³-hybridized carbons (Fsp3) is 0.905. The van der Waals surface area contributed by atoms with Gasteiger partial charge in [0.05, 0.1) is 6.54 Å². The van der Waals surface area contributed by atoms with Crippen molar-refractivity contribution in [3.8, 4) is 0 Å². The minimum atomic E-state index is 0.182. The van der Waals surface area contributed by atoms with Gasteiger partial charge in [0.2, 0.25) is 11.8 Å². The topological polar surface area (TPSA) is 69.9 Å². The lowest BCUT2D eigenvalue weighted by Crippen LogP contribution is -2.55. The van der Waals surface area contributed by atoms with Gasteiger partial charge in [0.25, 0.3) is 0 Å². The summed E-state index contributed by atoms with van der Waals surface area (Å²) >= 11 is 0. The second-order valence-corrected chi connectivity index (χ2v) is 9.24. The average molecular weight is 377 g/mol. The Labute approximate surface area is 163 Å². The van der Waals surface area contributed by atoms with Crippen LogP contribution in [0.4, 0.5) is 0 Å². The van der Waals surface area contributed by atoms with E-state index in [1.807, 2.05) is 4.90 Å². The molecule has 2 heterocycles. The van der Waals surface area contributed by atoms with Crippen molar-refractivity contribution in [1.82, 2.24) is 14.7 Å². The molecule has 6 nitrogen and oxygen atoms in total. The summed E-state index contributed by atoms with van der Waals surface area (Å²) in [5.41, 5.74) is 6.38. The molecular weight excluding hydrogens is 340 g/mol. The van der Waals surface area contributed by atoms with Crippen molar-refractivity contribution >= 4 is 11.8 Å². The van der Waals surface area contributed by atoms with E-state index in [2.05, 4.69) is 9.80 Å². The van der Waals surface area contributed by atoms with Crippen LogP contribution in [0.2, 0.25) is 0 Å². The van der Waals surface area contributed by atoms with E-state index in [1.54, 1.807) is 0 Å². The van der Waals surface area contributed by atoms with Crippen molar-refractivity contribution in [2.24, 2.45) is 23.5 Å². The number of piperazine rings is 1. The third kappa shape index (κ3) is 4.32. The summed E-state index contributed by atoms with van der Waals surface area (Å²) in [5, 5.41) is 0. The van der Waals surface area contributed by atoms with Crippen molar-refractivity contribution in [1.29, 1.82) is 0 Å². The zero-order chi connectivity index (χ0) is 18.8. The standard InChI is InChI=1S/C21H36N4O2/c22-20-16-5-4-6-17(20)14-18(13-16)21(27)25-11-9-23(10-12-25)15-19(26)24-7-2-1-3-8-24/h16-18,20H,1-15,22H2. The number of nitrogens with zero attached hydrogens (tertiary/aromatic N) is 3. The highest BCUT2D eigenvalue weighted by molar-refractivity contribution is 5.80. The van der Waals surface area contributed by atoms with E-state index < -0.39 is 0 Å². The molecule has 27 heavy (non-hydrogen) atoms. The van der Waals surface area contributed by atoms with Gasteiger partial charge in [-0.3, -0.25) is 14.5 Å². The third-order valence-corrected chi connectivity index (χ3v) is 7.51. The lowest BCUT2D eigenvalue weighted by Gasteiger charge is -2.45. The average Bonchev–Trinajstić information content (AvgIpc) is 2.68. The molecule has 0 radical (unpaired) electrons. The Hall–Kier alpha value is -1.14. The van der Waals surface area contributed by atoms with Crippen molar-refractivity contribution in [2.75, 3.05) is 45.8 Å². The van der Waals surface area contributed by atoms with Crippen molar-refractivity contribution in [2.45, 2.75) is 57.4 Å². The molecule has 152 valence electrons. The zero-order valence-electron chi connectivity index (χ0n) is 16.7. The number of rotatable bonds is 3. The molecule has 4 rings (SSSR count). The molecule has 2 saturated carbocycles. The van der Waals surface area contributed by atoms with Crippen LogP contribution in [0.5, 0.6) is 0 Å². The number of piperidine rings is 1. The summed E-state index contributed by atoms with van der Waals surface area (Å²) in [6.07, 6.45) is 9.20. The van der Waals surface area contributed by atoms with Crippen molar-refractivity contribution in [3.63, 3.8) is 0 Å². The molecule has 0 aromatic rings. The molecule has 2 aliphatic carbocycles. The second-order valence-electron chi connectivity index (χ2n) is 9.24. The molecule has 4 fully saturated rings. The van der Waals surface area contributed by atoms with E-state index in [1.165, 1.54) is 25.7 Å². The van der Waals surface area contributed by atoms with Gasteiger partial charge in [-0.2, -0.15) is 0 Å². The summed E-state index contributed by atoms with van der Waals surface area (Å²) in [6.45, 7) is 5.54. The quantitative estimate of drug-likeness (QED) is 0.806. The largest absolute Gasteiger partial charge is 0.342 e. The molecule has 2 unspecified atom stereocenters. The van der Waals surface area contributed by atoms with Crippen LogP contribution >= 0.6 is 0 Å². The molecule has 0 aromatic carbocycles. The van der Waals surface area contributed by atoms with Crippen LogP contribution in [0.3, 0.4) is 0 Å². The molecular formula is C21H36N4O2. The van der Waals surface area contributed by atoms with Gasteiger partial charge < -0.3 is 15.5 Å². The van der Waals surface area contributed by atoms with Crippen LogP contribution < -0.4 is 5.73 Å². The first-order valence-electron chi connectivity index (χ1n) is 11.2. The molecule has 2 saturated heterocycles. The number of carbonyl (C=O) groups excluding carboxylic acids is 2. The minimum Gasteiger partial charge on any atom is -0.342 e. The van der Waals surface area contributed by atoms with E-state index in [0.29, 0.717) is 30.3 Å². The fourth-order valence-corrected chi connectivity index (χ4v) is 5.81. The summed E-state index contributed by atoms with van der Waals surface area (Å²) in [7, 11) is 0. The first-order chi connectivity index (χ1) is 13.1. The maximum atomic E-state index is 13.1. The Morgan fingerprint density at radius 1 is 0.778 bits per heavy atom. The number of likely N-dealkylation sites (tertiary alicyclic amines) is 1. The minimum absolute atomic E-state index is 0.182. The summed E-state index contributed by atoms with van der Waals surface area (Å²) in [4.78, 5) is 31.8. The normalized spacial score (nSPS) is 35.1. The predicted molar refractivity (Wildman–Crippen MR) is 105 cm³/mol. The second kappa shape index (κ2) is 8.48. The van der Waals surface area contributed by atoms with Gasteiger partial charge in [0, 0.05) is 51.2 Å². The van der Waals surface area contributed by atoms with Gasteiger partial charge in [0.15, 0.2) is 0 Å². The maximum absolute atomic E-state index is 13.1. The number of carbonyl (C=O) groups is 2. The number of nitrogens with two attached hydrogens (primary N) is 1. The summed E-state index contributed by atoms with van der Waals surface area (Å²) in [5.74, 6) is 1.90. The molecule has 0 spiro atoms. The van der Waals surface area contributed by atoms with Crippen LogP contribution in [-0.4, -0.2) is 78.4 Å². The highest BCUT2D eigenvalue weighted by Crippen LogP contribution is 2.42. The number of hydrogen-bond donors (Lipinski definition) is 1. The zero-order valence-corrected chi connectivity index (χ0v) is 16.7. The van der Waals surface area contributed by atoms with Gasteiger partial charge in [0.1, 0.15) is 0 Å². The number of amides is 2. The smallest absolute Gasteiger partial charge is 0.236 e. The Kier molecular flexibility index (Phi) is 6.02. The molecule has 2 aliphatic heterocycles. The third-order valence-electron chi connectivity index (χ3n) is 7.51. The van der Waals surface area contributed by atoms with E-state index in [-0.39, 0.29) is 11.8 Å². The van der Waals surface area contributed by atoms with Gasteiger partial charge in [-0.05, 0) is 56.8 Å². The Bertz CT molecular complexity index is 526. The first kappa shape index (κ1) is 19.2. The molecule has 0 aromatic heterocycles. The Balaban J connectivity index is 1.24. The lowest BCUT2D eigenvalue weighted by molar-refractivity contribution is -0.141.